The summed E-state index contributed by atoms with van der Waals surface area (Å²) in [6.45, 7) is -2.49. The topological polar surface area (TPSA) is 350 Å². The van der Waals surface area contributed by atoms with Gasteiger partial charge in [-0.1, -0.05) is 6.92 Å². The molecule has 0 aromatic carbocycles. The van der Waals surface area contributed by atoms with Crippen LogP contribution in [0.25, 0.3) is 11.2 Å². The van der Waals surface area contributed by atoms with Crippen LogP contribution < -0.4 is 5.73 Å². The smallest absolute Gasteiger partial charge is 0.388 e. The molecule has 4 aliphatic heterocycles. The van der Waals surface area contributed by atoms with Crippen LogP contribution in [0.1, 0.15) is 32.4 Å². The minimum atomic E-state index is -5.48. The van der Waals surface area contributed by atoms with Gasteiger partial charge in [-0.05, 0) is 19.3 Å². The zero-order valence-corrected chi connectivity index (χ0v) is 37.1. The third kappa shape index (κ3) is 13.4. The molecule has 0 spiro atoms. The van der Waals surface area contributed by atoms with Crippen LogP contribution in [0.3, 0.4) is 0 Å². The van der Waals surface area contributed by atoms with Crippen molar-refractivity contribution in [3.05, 3.63) is 12.7 Å². The number of rotatable bonds is 22. The number of nitrogen functional groups attached to an aromatic ring is 1. The largest absolute Gasteiger partial charge is 0.481 e. The van der Waals surface area contributed by atoms with Crippen molar-refractivity contribution in [1.82, 2.24) is 19.5 Å². The molecule has 26 nitrogen and oxygen atoms in total. The van der Waals surface area contributed by atoms with E-state index in [4.69, 9.17) is 87.6 Å². The van der Waals surface area contributed by atoms with E-state index in [2.05, 4.69) is 19.3 Å². The van der Waals surface area contributed by atoms with Gasteiger partial charge in [0.1, 0.15) is 44.1 Å². The molecule has 2 aromatic heterocycles. The number of phosphoric acid groups is 4. The Kier molecular flexibility index (Phi) is 17.2. The van der Waals surface area contributed by atoms with Gasteiger partial charge in [-0.3, -0.25) is 31.7 Å². The normalized spacial score (nSPS) is 36.1. The van der Waals surface area contributed by atoms with Gasteiger partial charge in [0.05, 0.1) is 70.8 Å². The van der Waals surface area contributed by atoms with Gasteiger partial charge in [0.2, 0.25) is 0 Å². The van der Waals surface area contributed by atoms with E-state index in [9.17, 15) is 42.9 Å². The molecule has 6 rings (SSSR count). The molecule has 0 saturated carbocycles. The fraction of sp³-hybridized carbons (Fsp3) is 0.815. The highest BCUT2D eigenvalue weighted by atomic mass is 31.3. The second-order valence-electron chi connectivity index (χ2n) is 14.8. The molecule has 7 N–H and O–H groups in total. The molecule has 63 heavy (non-hydrogen) atoms. The Hall–Kier alpha value is -1.02. The summed E-state index contributed by atoms with van der Waals surface area (Å²) >= 11 is 0. The summed E-state index contributed by atoms with van der Waals surface area (Å²) in [6.07, 6.45) is -7.65. The molecule has 9 radical (unpaired) electrons. The maximum atomic E-state index is 13.2. The van der Waals surface area contributed by atoms with Gasteiger partial charge in [0.15, 0.2) is 17.7 Å². The lowest BCUT2D eigenvalue weighted by atomic mass is 9.16. The van der Waals surface area contributed by atoms with Gasteiger partial charge < -0.3 is 54.1 Å². The average molecular weight is 961 g/mol. The van der Waals surface area contributed by atoms with Gasteiger partial charge in [-0.25, -0.2) is 33.2 Å². The van der Waals surface area contributed by atoms with Crippen LogP contribution in [-0.4, -0.2) is 189 Å². The number of fused-ring (bicyclic) bond motifs is 1. The van der Waals surface area contributed by atoms with E-state index < -0.39 is 143 Å². The number of aliphatic hydroxyl groups excluding tert-OH is 1. The van der Waals surface area contributed by atoms with Crippen molar-refractivity contribution in [2.75, 3.05) is 39.3 Å². The van der Waals surface area contributed by atoms with Crippen LogP contribution in [0.4, 0.5) is 5.82 Å². The SMILES string of the molecule is [B][B]C1CC(OP(=O)(O)OCC2OC([B])CC2OC)C(COP(=O)(O)OC2CC(B([B])[B])OC2COP(=O)(O)OP(=O)(O)OCC2OC(n3cnc4c(N)ncnc43)C(O)C2C)O1. The summed E-state index contributed by atoms with van der Waals surface area (Å²) < 4.78 is 116. The van der Waals surface area contributed by atoms with Crippen molar-refractivity contribution < 1.29 is 98.1 Å². The predicted molar refractivity (Wildman–Crippen MR) is 218 cm³/mol. The van der Waals surface area contributed by atoms with Crippen LogP contribution in [0.5, 0.6) is 0 Å². The lowest BCUT2D eigenvalue weighted by molar-refractivity contribution is -0.0488. The van der Waals surface area contributed by atoms with E-state index in [1.807, 2.05) is 0 Å². The minimum Gasteiger partial charge on any atom is -0.388 e. The fourth-order valence-corrected chi connectivity index (χ4v) is 11.1. The van der Waals surface area contributed by atoms with Crippen molar-refractivity contribution in [2.24, 2.45) is 5.92 Å². The number of hydrogen-bond acceptors (Lipinski definition) is 21. The molecule has 6 heterocycles. The number of hydrogen-bond donors (Lipinski definition) is 6. The molecular formula is C27H42B6N5O21P4. The fourth-order valence-electron chi connectivity index (χ4n) is 7.12. The van der Waals surface area contributed by atoms with Crippen molar-refractivity contribution in [3.63, 3.8) is 0 Å². The second-order valence-corrected chi connectivity index (χ2v) is 20.7. The molecule has 36 heteroatoms. The number of ether oxygens (including phenoxy) is 5. The Morgan fingerprint density at radius 2 is 1.37 bits per heavy atom. The van der Waals surface area contributed by atoms with E-state index in [1.165, 1.54) is 24.3 Å². The van der Waals surface area contributed by atoms with Gasteiger partial charge in [-0.15, -0.1) is 0 Å². The third-order valence-electron chi connectivity index (χ3n) is 10.4. The molecule has 4 saturated heterocycles. The maximum absolute atomic E-state index is 13.2. The summed E-state index contributed by atoms with van der Waals surface area (Å²) in [7, 11) is 4.60. The van der Waals surface area contributed by atoms with E-state index >= 15 is 0 Å². The Labute approximate surface area is 366 Å². The van der Waals surface area contributed by atoms with Crippen LogP contribution in [0.15, 0.2) is 12.7 Å². The zero-order chi connectivity index (χ0) is 46.1. The molecule has 339 valence electrons. The lowest BCUT2D eigenvalue weighted by Crippen LogP contribution is -2.33. The minimum absolute atomic E-state index is 0.0823. The standard InChI is InChI=1S/C27H42B6N5O21P4/c1-12-16(56-27(24(12)39)38-11-37-23-25(34)35-10-36-26(23)38)6-51-62(44,45)59-63(46,47)52-9-19-15(5-22(55-19)33(30)31)58-61(42,43)50-8-18-14(4-21(32-29)54-18)57-60(40,41)49-7-17-13(48-2)3-20(28)53-17/h10-22,24,27,39H,3-9H2,1-2H3,(H,40,41)(H,42,43)(H,44,45)(H,46,47)(H2,34,35,36). The van der Waals surface area contributed by atoms with Crippen molar-refractivity contribution >= 4 is 93.0 Å². The number of anilines is 1. The summed E-state index contributed by atoms with van der Waals surface area (Å²) in [5, 5.41) is 10.9. The Balaban J connectivity index is 0.999. The van der Waals surface area contributed by atoms with E-state index in [0.717, 1.165) is 7.17 Å². The van der Waals surface area contributed by atoms with Crippen molar-refractivity contribution in [1.29, 1.82) is 0 Å². The first-order valence-corrected chi connectivity index (χ1v) is 25.0. The number of aliphatic hydroxyl groups is 1. The molecule has 0 aliphatic carbocycles. The number of nitrogens with two attached hydrogens (primary N) is 1. The number of nitrogens with zero attached hydrogens (tertiary/aromatic N) is 4. The number of aromatic nitrogens is 4. The predicted octanol–water partition coefficient (Wildman–Crippen LogP) is -1.72. The van der Waals surface area contributed by atoms with Crippen molar-refractivity contribution in [3.8, 4) is 0 Å². The molecule has 17 atom stereocenters. The number of phosphoric ester groups is 4. The van der Waals surface area contributed by atoms with E-state index in [1.54, 1.807) is 6.92 Å². The molecule has 2 aromatic rings. The first-order chi connectivity index (χ1) is 29.5. The lowest BCUT2D eigenvalue weighted by Gasteiger charge is -2.25. The van der Waals surface area contributed by atoms with Crippen LogP contribution >= 0.6 is 31.3 Å². The molecular weight excluding hydrogens is 919 g/mol. The van der Waals surface area contributed by atoms with E-state index in [-0.39, 0.29) is 29.8 Å². The average Bonchev–Trinajstić information content (AvgIpc) is 4.03. The van der Waals surface area contributed by atoms with Crippen LogP contribution in [-0.2, 0) is 73.4 Å². The van der Waals surface area contributed by atoms with Crippen LogP contribution in [0, 0.1) is 5.92 Å². The highest BCUT2D eigenvalue weighted by molar-refractivity contribution is 7.61. The monoisotopic (exact) mass is 962 g/mol. The van der Waals surface area contributed by atoms with Crippen molar-refractivity contribution in [2.45, 2.75) is 99.3 Å². The van der Waals surface area contributed by atoms with Gasteiger partial charge in [-0.2, -0.15) is 4.31 Å². The highest BCUT2D eigenvalue weighted by Crippen LogP contribution is 2.61. The van der Waals surface area contributed by atoms with Gasteiger partial charge in [0.25, 0.3) is 0 Å². The third-order valence-corrected chi connectivity index (χ3v) is 15.0. The first kappa shape index (κ1) is 51.4. The summed E-state index contributed by atoms with van der Waals surface area (Å²) in [5.74, 6) is -0.638. The number of imidazole rings is 1. The van der Waals surface area contributed by atoms with Gasteiger partial charge >= 0.3 is 31.3 Å². The quantitative estimate of drug-likeness (QED) is 0.0565. The summed E-state index contributed by atoms with van der Waals surface area (Å²) in [4.78, 5) is 53.9. The van der Waals surface area contributed by atoms with E-state index in [0.29, 0.717) is 6.42 Å². The zero-order valence-electron chi connectivity index (χ0n) is 33.5. The molecule has 0 bridgehead atoms. The Morgan fingerprint density at radius 3 is 1.95 bits per heavy atom. The second kappa shape index (κ2) is 21.1. The Bertz CT molecular complexity index is 2080. The van der Waals surface area contributed by atoms with Crippen LogP contribution in [0.2, 0.25) is 0 Å². The molecule has 4 fully saturated rings. The summed E-state index contributed by atoms with van der Waals surface area (Å²) in [6, 6.07) is -2.57. The molecule has 17 unspecified atom stereocenters. The first-order valence-electron chi connectivity index (χ1n) is 19.0. The summed E-state index contributed by atoms with van der Waals surface area (Å²) in [5.41, 5.74) is 6.32. The molecule has 4 aliphatic rings. The number of methoxy groups -OCH3 is 1. The maximum Gasteiger partial charge on any atom is 0.481 e. The highest BCUT2D eigenvalue weighted by Gasteiger charge is 2.48. The Morgan fingerprint density at radius 1 is 0.810 bits per heavy atom. The van der Waals surface area contributed by atoms with Gasteiger partial charge in [0, 0.05) is 54.2 Å². The molecule has 0 amide bonds.